The van der Waals surface area contributed by atoms with Crippen molar-refractivity contribution >= 4 is 28.1 Å². The molecule has 0 unspecified atom stereocenters. The van der Waals surface area contributed by atoms with Gasteiger partial charge in [0.15, 0.2) is 0 Å². The standard InChI is InChI=1S/C35H51BrN2O4/c1-33(2,3)41-31(39)37-23-15-9-7-13-21-35(22-14-8-10-16-24-38-32(40)42-34(4,5)6)29-18-12-11-17-27(29)28-20-19-26(36)25-30(28)35/h11-12,17-20,25H,7-10,13-16,21-24H2,1-6H3,(H,37,39)(H,38,40). The Bertz CT molecular complexity index is 1140. The molecule has 0 fully saturated rings. The maximum atomic E-state index is 11.9. The van der Waals surface area contributed by atoms with Crippen LogP contribution in [-0.2, 0) is 14.9 Å². The molecule has 7 heteroatoms. The Labute approximate surface area is 261 Å². The lowest BCUT2D eigenvalue weighted by molar-refractivity contribution is 0.0515. The zero-order valence-electron chi connectivity index (χ0n) is 26.5. The fourth-order valence-electron chi connectivity index (χ4n) is 5.91. The number of fused-ring (bicyclic) bond motifs is 3. The summed E-state index contributed by atoms with van der Waals surface area (Å²) < 4.78 is 11.8. The van der Waals surface area contributed by atoms with Gasteiger partial charge in [-0.15, -0.1) is 0 Å². The number of carbonyl (C=O) groups excluding carboxylic acids is 2. The van der Waals surface area contributed by atoms with Crippen LogP contribution < -0.4 is 10.6 Å². The highest BCUT2D eigenvalue weighted by Crippen LogP contribution is 2.54. The fourth-order valence-corrected chi connectivity index (χ4v) is 6.27. The lowest BCUT2D eigenvalue weighted by Gasteiger charge is -2.33. The van der Waals surface area contributed by atoms with E-state index in [0.29, 0.717) is 13.1 Å². The second-order valence-electron chi connectivity index (χ2n) is 13.5. The number of unbranched alkanes of at least 4 members (excludes halogenated alkanes) is 6. The van der Waals surface area contributed by atoms with Crippen LogP contribution >= 0.6 is 15.9 Å². The van der Waals surface area contributed by atoms with Crippen molar-refractivity contribution in [3.8, 4) is 11.1 Å². The molecule has 0 bridgehead atoms. The van der Waals surface area contributed by atoms with Crippen molar-refractivity contribution in [2.24, 2.45) is 0 Å². The number of alkyl carbamates (subject to hydrolysis) is 2. The molecule has 0 heterocycles. The molecule has 6 nitrogen and oxygen atoms in total. The molecule has 0 saturated carbocycles. The van der Waals surface area contributed by atoms with Gasteiger partial charge in [0.25, 0.3) is 0 Å². The third-order valence-electron chi connectivity index (χ3n) is 7.63. The second-order valence-corrected chi connectivity index (χ2v) is 14.4. The van der Waals surface area contributed by atoms with Gasteiger partial charge in [0, 0.05) is 23.0 Å². The number of ether oxygens (including phenoxy) is 2. The van der Waals surface area contributed by atoms with Gasteiger partial charge in [-0.3, -0.25) is 0 Å². The van der Waals surface area contributed by atoms with E-state index in [1.165, 1.54) is 22.3 Å². The van der Waals surface area contributed by atoms with Crippen LogP contribution in [-0.4, -0.2) is 36.5 Å². The molecule has 2 N–H and O–H groups in total. The van der Waals surface area contributed by atoms with E-state index >= 15 is 0 Å². The summed E-state index contributed by atoms with van der Waals surface area (Å²) >= 11 is 3.75. The average molecular weight is 644 g/mol. The molecular weight excluding hydrogens is 592 g/mol. The predicted octanol–water partition coefficient (Wildman–Crippen LogP) is 9.67. The molecule has 2 aromatic carbocycles. The Morgan fingerprint density at radius 3 is 1.67 bits per heavy atom. The van der Waals surface area contributed by atoms with Crippen LogP contribution in [0.3, 0.4) is 0 Å². The number of carbonyl (C=O) groups is 2. The monoisotopic (exact) mass is 642 g/mol. The van der Waals surface area contributed by atoms with Crippen LogP contribution in [0.2, 0.25) is 0 Å². The van der Waals surface area contributed by atoms with Gasteiger partial charge in [-0.1, -0.05) is 84.8 Å². The predicted molar refractivity (Wildman–Crippen MR) is 175 cm³/mol. The lowest BCUT2D eigenvalue weighted by atomic mass is 9.70. The highest BCUT2D eigenvalue weighted by Gasteiger charge is 2.42. The summed E-state index contributed by atoms with van der Waals surface area (Å²) in [6.45, 7) is 12.6. The van der Waals surface area contributed by atoms with E-state index < -0.39 is 11.2 Å². The SMILES string of the molecule is CC(C)(C)OC(=O)NCCCCCCC1(CCCCCCNC(=O)OC(C)(C)C)c2ccccc2-c2ccc(Br)cc21. The first-order chi connectivity index (χ1) is 19.8. The topological polar surface area (TPSA) is 76.7 Å². The van der Waals surface area contributed by atoms with Crippen molar-refractivity contribution in [1.29, 1.82) is 0 Å². The summed E-state index contributed by atoms with van der Waals surface area (Å²) in [6, 6.07) is 15.7. The molecule has 1 aliphatic rings. The normalized spacial score (nSPS) is 13.7. The highest BCUT2D eigenvalue weighted by molar-refractivity contribution is 9.10. The molecule has 232 valence electrons. The molecule has 0 radical (unpaired) electrons. The number of halogens is 1. The van der Waals surface area contributed by atoms with E-state index in [1.807, 2.05) is 41.5 Å². The molecule has 42 heavy (non-hydrogen) atoms. The summed E-state index contributed by atoms with van der Waals surface area (Å²) in [5.41, 5.74) is 4.67. The van der Waals surface area contributed by atoms with Crippen LogP contribution in [0, 0.1) is 0 Å². The highest BCUT2D eigenvalue weighted by atomic mass is 79.9. The van der Waals surface area contributed by atoms with Crippen LogP contribution in [0.25, 0.3) is 11.1 Å². The first kappa shape index (κ1) is 34.0. The molecular formula is C35H51BrN2O4. The minimum atomic E-state index is -0.474. The molecule has 0 atom stereocenters. The summed E-state index contributed by atoms with van der Waals surface area (Å²) in [6.07, 6.45) is 10.1. The summed E-state index contributed by atoms with van der Waals surface area (Å²) in [5.74, 6) is 0. The Kier molecular flexibility index (Phi) is 12.3. The molecule has 0 spiro atoms. The van der Waals surface area contributed by atoms with Gasteiger partial charge in [0.05, 0.1) is 0 Å². The summed E-state index contributed by atoms with van der Waals surface area (Å²) in [5, 5.41) is 5.76. The molecule has 1 aliphatic carbocycles. The summed E-state index contributed by atoms with van der Waals surface area (Å²) in [4.78, 5) is 23.9. The third-order valence-corrected chi connectivity index (χ3v) is 8.12. The van der Waals surface area contributed by atoms with Crippen LogP contribution in [0.5, 0.6) is 0 Å². The van der Waals surface area contributed by atoms with Gasteiger partial charge in [-0.05, 0) is 102 Å². The number of hydrogen-bond acceptors (Lipinski definition) is 4. The van der Waals surface area contributed by atoms with Crippen LogP contribution in [0.1, 0.15) is 117 Å². The molecule has 2 aromatic rings. The fraction of sp³-hybridized carbons (Fsp3) is 0.600. The van der Waals surface area contributed by atoms with E-state index in [9.17, 15) is 9.59 Å². The number of amides is 2. The number of hydrogen-bond donors (Lipinski definition) is 2. The number of rotatable bonds is 14. The van der Waals surface area contributed by atoms with E-state index in [4.69, 9.17) is 9.47 Å². The van der Waals surface area contributed by atoms with Crippen molar-refractivity contribution in [2.45, 2.75) is 122 Å². The van der Waals surface area contributed by atoms with Gasteiger partial charge < -0.3 is 20.1 Å². The van der Waals surface area contributed by atoms with Crippen molar-refractivity contribution in [3.05, 3.63) is 58.1 Å². The Morgan fingerprint density at radius 2 is 1.14 bits per heavy atom. The van der Waals surface area contributed by atoms with Crippen molar-refractivity contribution in [1.82, 2.24) is 10.6 Å². The first-order valence-corrected chi connectivity index (χ1v) is 16.4. The van der Waals surface area contributed by atoms with Crippen LogP contribution in [0.15, 0.2) is 46.9 Å². The van der Waals surface area contributed by atoms with E-state index in [-0.39, 0.29) is 17.6 Å². The quantitative estimate of drug-likeness (QED) is 0.201. The van der Waals surface area contributed by atoms with Gasteiger partial charge >= 0.3 is 12.2 Å². The second kappa shape index (κ2) is 15.3. The lowest BCUT2D eigenvalue weighted by Crippen LogP contribution is -2.33. The Balaban J connectivity index is 1.56. The van der Waals surface area contributed by atoms with Gasteiger partial charge in [0.2, 0.25) is 0 Å². The average Bonchev–Trinajstić information content (AvgIpc) is 3.14. The third kappa shape index (κ3) is 10.3. The maximum Gasteiger partial charge on any atom is 0.407 e. The van der Waals surface area contributed by atoms with Crippen molar-refractivity contribution < 1.29 is 19.1 Å². The van der Waals surface area contributed by atoms with Gasteiger partial charge in [0.1, 0.15) is 11.2 Å². The van der Waals surface area contributed by atoms with E-state index in [0.717, 1.165) is 68.7 Å². The van der Waals surface area contributed by atoms with Crippen LogP contribution in [0.4, 0.5) is 9.59 Å². The minimum Gasteiger partial charge on any atom is -0.444 e. The molecule has 0 aromatic heterocycles. The van der Waals surface area contributed by atoms with Crippen molar-refractivity contribution in [2.75, 3.05) is 13.1 Å². The van der Waals surface area contributed by atoms with Gasteiger partial charge in [-0.2, -0.15) is 0 Å². The van der Waals surface area contributed by atoms with E-state index in [1.54, 1.807) is 0 Å². The van der Waals surface area contributed by atoms with Gasteiger partial charge in [-0.25, -0.2) is 9.59 Å². The zero-order chi connectivity index (χ0) is 30.8. The zero-order valence-corrected chi connectivity index (χ0v) is 28.1. The van der Waals surface area contributed by atoms with E-state index in [2.05, 4.69) is 69.0 Å². The number of nitrogens with one attached hydrogen (secondary N) is 2. The molecule has 2 amide bonds. The Morgan fingerprint density at radius 1 is 0.667 bits per heavy atom. The number of benzene rings is 2. The molecule has 0 aliphatic heterocycles. The summed E-state index contributed by atoms with van der Waals surface area (Å²) in [7, 11) is 0. The molecule has 3 rings (SSSR count). The smallest absolute Gasteiger partial charge is 0.407 e. The molecule has 0 saturated heterocycles. The first-order valence-electron chi connectivity index (χ1n) is 15.6. The Hall–Kier alpha value is -2.54. The minimum absolute atomic E-state index is 0.000758. The maximum absolute atomic E-state index is 11.9. The van der Waals surface area contributed by atoms with Crippen molar-refractivity contribution in [3.63, 3.8) is 0 Å². The largest absolute Gasteiger partial charge is 0.444 e.